The van der Waals surface area contributed by atoms with Crippen molar-refractivity contribution in [3.63, 3.8) is 0 Å². The normalized spacial score (nSPS) is 9.74. The van der Waals surface area contributed by atoms with Gasteiger partial charge in [-0.05, 0) is 23.8 Å². The van der Waals surface area contributed by atoms with E-state index in [1.165, 1.54) is 10.5 Å². The molecule has 2 aromatic rings. The second-order valence-corrected chi connectivity index (χ2v) is 5.08. The van der Waals surface area contributed by atoms with E-state index in [0.717, 1.165) is 11.3 Å². The zero-order chi connectivity index (χ0) is 13.3. The van der Waals surface area contributed by atoms with Gasteiger partial charge in [-0.15, -0.1) is 11.8 Å². The van der Waals surface area contributed by atoms with Gasteiger partial charge in [-0.2, -0.15) is 0 Å². The first-order chi connectivity index (χ1) is 9.40. The molecule has 1 N–H and O–H groups in total. The molecule has 0 saturated heterocycles. The monoisotopic (exact) mass is 268 g/mol. The Morgan fingerprint density at radius 2 is 1.68 bits per heavy atom. The molecule has 2 rings (SSSR count). The molecule has 0 aromatic heterocycles. The zero-order valence-corrected chi connectivity index (χ0v) is 11.5. The molecule has 0 saturated carbocycles. The highest BCUT2D eigenvalue weighted by Crippen LogP contribution is 2.23. The first-order valence-electron chi connectivity index (χ1n) is 6.25. The van der Waals surface area contributed by atoms with Gasteiger partial charge in [0.15, 0.2) is 0 Å². The van der Waals surface area contributed by atoms with Crippen molar-refractivity contribution in [3.05, 3.63) is 65.7 Å². The van der Waals surface area contributed by atoms with Crippen LogP contribution in [0.3, 0.4) is 0 Å². The molecule has 0 aliphatic rings. The van der Waals surface area contributed by atoms with Gasteiger partial charge in [0, 0.05) is 22.6 Å². The van der Waals surface area contributed by atoms with E-state index in [0.29, 0.717) is 6.42 Å². The largest absolute Gasteiger partial charge is 0.395 e. The molecule has 0 atom stereocenters. The first kappa shape index (κ1) is 13.7. The van der Waals surface area contributed by atoms with Crippen LogP contribution < -0.4 is 0 Å². The van der Waals surface area contributed by atoms with E-state index in [2.05, 4.69) is 42.2 Å². The molecule has 96 valence electrons. The van der Waals surface area contributed by atoms with Gasteiger partial charge in [-0.3, -0.25) is 0 Å². The second-order valence-electron chi connectivity index (χ2n) is 4.03. The second kappa shape index (κ2) is 7.68. The SMILES string of the molecule is OCCC#Cc1ccccc1CSc1ccccc1. The highest BCUT2D eigenvalue weighted by atomic mass is 32.2. The first-order valence-corrected chi connectivity index (χ1v) is 7.24. The van der Waals surface area contributed by atoms with Crippen molar-refractivity contribution in [2.45, 2.75) is 17.1 Å². The lowest BCUT2D eigenvalue weighted by atomic mass is 10.1. The topological polar surface area (TPSA) is 20.2 Å². The van der Waals surface area contributed by atoms with Gasteiger partial charge in [0.25, 0.3) is 0 Å². The average molecular weight is 268 g/mol. The highest BCUT2D eigenvalue weighted by Gasteiger charge is 2.00. The summed E-state index contributed by atoms with van der Waals surface area (Å²) < 4.78 is 0. The van der Waals surface area contributed by atoms with Crippen molar-refractivity contribution in [3.8, 4) is 11.8 Å². The van der Waals surface area contributed by atoms with E-state index in [9.17, 15) is 0 Å². The van der Waals surface area contributed by atoms with Gasteiger partial charge in [-0.1, -0.05) is 48.2 Å². The summed E-state index contributed by atoms with van der Waals surface area (Å²) in [7, 11) is 0. The van der Waals surface area contributed by atoms with Crippen LogP contribution in [0, 0.1) is 11.8 Å². The summed E-state index contributed by atoms with van der Waals surface area (Å²) in [5, 5.41) is 8.76. The summed E-state index contributed by atoms with van der Waals surface area (Å²) in [6.45, 7) is 0.119. The van der Waals surface area contributed by atoms with Gasteiger partial charge >= 0.3 is 0 Å². The summed E-state index contributed by atoms with van der Waals surface area (Å²) in [5.41, 5.74) is 2.29. The number of thioether (sulfide) groups is 1. The van der Waals surface area contributed by atoms with Crippen molar-refractivity contribution in [2.75, 3.05) is 6.61 Å². The van der Waals surface area contributed by atoms with Gasteiger partial charge in [0.2, 0.25) is 0 Å². The molecule has 0 aliphatic carbocycles. The van der Waals surface area contributed by atoms with Crippen molar-refractivity contribution in [1.29, 1.82) is 0 Å². The number of aliphatic hydroxyl groups is 1. The summed E-state index contributed by atoms with van der Waals surface area (Å²) in [6.07, 6.45) is 0.528. The maximum absolute atomic E-state index is 8.76. The van der Waals surface area contributed by atoms with Gasteiger partial charge in [0.1, 0.15) is 0 Å². The molecule has 2 heteroatoms. The van der Waals surface area contributed by atoms with Crippen molar-refractivity contribution in [2.24, 2.45) is 0 Å². The summed E-state index contributed by atoms with van der Waals surface area (Å²) in [4.78, 5) is 1.26. The van der Waals surface area contributed by atoms with Crippen LogP contribution in [0.1, 0.15) is 17.5 Å². The quantitative estimate of drug-likeness (QED) is 0.674. The molecule has 0 unspecified atom stereocenters. The van der Waals surface area contributed by atoms with Crippen molar-refractivity contribution < 1.29 is 5.11 Å². The molecule has 0 aliphatic heterocycles. The Bertz CT molecular complexity index is 567. The maximum Gasteiger partial charge on any atom is 0.0540 e. The lowest BCUT2D eigenvalue weighted by Gasteiger charge is -2.04. The minimum absolute atomic E-state index is 0.119. The Kier molecular flexibility index (Phi) is 5.55. The average Bonchev–Trinajstić information content (AvgIpc) is 2.48. The Labute approximate surface area is 118 Å². The lowest BCUT2D eigenvalue weighted by molar-refractivity contribution is 0.305. The third-order valence-electron chi connectivity index (χ3n) is 2.61. The van der Waals surface area contributed by atoms with Gasteiger partial charge < -0.3 is 5.11 Å². The van der Waals surface area contributed by atoms with E-state index in [-0.39, 0.29) is 6.61 Å². The predicted molar refractivity (Wildman–Crippen MR) is 81.0 cm³/mol. The van der Waals surface area contributed by atoms with Gasteiger partial charge in [-0.25, -0.2) is 0 Å². The highest BCUT2D eigenvalue weighted by molar-refractivity contribution is 7.98. The van der Waals surface area contributed by atoms with Crippen LogP contribution in [0.4, 0.5) is 0 Å². The molecular weight excluding hydrogens is 252 g/mol. The van der Waals surface area contributed by atoms with Crippen LogP contribution in [0.2, 0.25) is 0 Å². The van der Waals surface area contributed by atoms with Crippen LogP contribution in [0.15, 0.2) is 59.5 Å². The van der Waals surface area contributed by atoms with Crippen LogP contribution in [-0.2, 0) is 5.75 Å². The van der Waals surface area contributed by atoms with E-state index in [1.54, 1.807) is 0 Å². The number of hydrogen-bond acceptors (Lipinski definition) is 2. The van der Waals surface area contributed by atoms with E-state index in [4.69, 9.17) is 5.11 Å². The molecule has 1 nitrogen and oxygen atoms in total. The molecule has 0 amide bonds. The molecular formula is C17H16OS. The van der Waals surface area contributed by atoms with Crippen molar-refractivity contribution in [1.82, 2.24) is 0 Å². The molecule has 0 spiro atoms. The number of rotatable bonds is 4. The van der Waals surface area contributed by atoms with E-state index < -0.39 is 0 Å². The predicted octanol–water partition coefficient (Wildman–Crippen LogP) is 3.71. The summed E-state index contributed by atoms with van der Waals surface area (Å²) in [5.74, 6) is 7.02. The Morgan fingerprint density at radius 3 is 2.47 bits per heavy atom. The number of hydrogen-bond donors (Lipinski definition) is 1. The third kappa shape index (κ3) is 4.48. The molecule has 2 aromatic carbocycles. The Hall–Kier alpha value is -1.69. The number of aliphatic hydroxyl groups excluding tert-OH is 1. The van der Waals surface area contributed by atoms with E-state index in [1.807, 2.05) is 36.0 Å². The fourth-order valence-corrected chi connectivity index (χ4v) is 2.58. The van der Waals surface area contributed by atoms with Crippen LogP contribution in [-0.4, -0.2) is 11.7 Å². The van der Waals surface area contributed by atoms with Crippen molar-refractivity contribution >= 4 is 11.8 Å². The summed E-state index contributed by atoms with van der Waals surface area (Å²) >= 11 is 1.81. The van der Waals surface area contributed by atoms with Crippen LogP contribution in [0.5, 0.6) is 0 Å². The molecule has 19 heavy (non-hydrogen) atoms. The Balaban J connectivity index is 2.06. The van der Waals surface area contributed by atoms with E-state index >= 15 is 0 Å². The standard InChI is InChI=1S/C17H16OS/c18-13-7-6-9-15-8-4-5-10-16(15)14-19-17-11-2-1-3-12-17/h1-5,8,10-12,18H,7,13-14H2. The summed E-state index contributed by atoms with van der Waals surface area (Å²) in [6, 6.07) is 18.5. The maximum atomic E-state index is 8.76. The Morgan fingerprint density at radius 1 is 0.947 bits per heavy atom. The van der Waals surface area contributed by atoms with Crippen LogP contribution in [0.25, 0.3) is 0 Å². The van der Waals surface area contributed by atoms with Crippen LogP contribution >= 0.6 is 11.8 Å². The third-order valence-corrected chi connectivity index (χ3v) is 3.68. The molecule has 0 fully saturated rings. The zero-order valence-electron chi connectivity index (χ0n) is 10.7. The molecule has 0 bridgehead atoms. The smallest absolute Gasteiger partial charge is 0.0540 e. The minimum atomic E-state index is 0.119. The molecule has 0 heterocycles. The molecule has 0 radical (unpaired) electrons. The fraction of sp³-hybridized carbons (Fsp3) is 0.176. The fourth-order valence-electron chi connectivity index (χ4n) is 1.66. The van der Waals surface area contributed by atoms with Gasteiger partial charge in [0.05, 0.1) is 6.61 Å². The minimum Gasteiger partial charge on any atom is -0.395 e. The number of benzene rings is 2. The lowest BCUT2D eigenvalue weighted by Crippen LogP contribution is -1.87.